The molecule has 3 aromatic carbocycles. The summed E-state index contributed by atoms with van der Waals surface area (Å²) in [6.07, 6.45) is 1.25. The van der Waals surface area contributed by atoms with Gasteiger partial charge in [0.1, 0.15) is 17.6 Å². The Morgan fingerprint density at radius 2 is 1.67 bits per heavy atom. The van der Waals surface area contributed by atoms with E-state index < -0.39 is 17.7 Å². The zero-order valence-electron chi connectivity index (χ0n) is 22.4. The van der Waals surface area contributed by atoms with Crippen LogP contribution in [0, 0.1) is 0 Å². The lowest BCUT2D eigenvalue weighted by Crippen LogP contribution is -2.31. The number of aliphatic hydroxyl groups is 1. The number of aliphatic hydroxyl groups excluding tert-OH is 1. The number of carbonyl (C=O) groups is 2. The summed E-state index contributed by atoms with van der Waals surface area (Å²) in [6, 6.07) is 17.6. The largest absolute Gasteiger partial charge is 0.507 e. The minimum Gasteiger partial charge on any atom is -0.507 e. The Kier molecular flexibility index (Phi) is 7.19. The van der Waals surface area contributed by atoms with Crippen LogP contribution in [-0.2, 0) is 22.4 Å². The number of fused-ring (bicyclic) bond motifs is 1. The SMILES string of the molecule is COc1cc([C@H]2C(=C(O)c3ccc4c(c3)C[C@@H](C)O4)C(=O)C(=O)N2CCc2ccccc2)cc(OC)c1OC. The average molecular weight is 530 g/mol. The van der Waals surface area contributed by atoms with Crippen molar-refractivity contribution in [3.8, 4) is 23.0 Å². The van der Waals surface area contributed by atoms with E-state index in [0.717, 1.165) is 16.9 Å². The number of ketones is 1. The number of hydrogen-bond donors (Lipinski definition) is 1. The van der Waals surface area contributed by atoms with Gasteiger partial charge < -0.3 is 29.0 Å². The van der Waals surface area contributed by atoms with Gasteiger partial charge in [-0.15, -0.1) is 0 Å². The van der Waals surface area contributed by atoms with Gasteiger partial charge in [-0.25, -0.2) is 0 Å². The second kappa shape index (κ2) is 10.7. The van der Waals surface area contributed by atoms with Gasteiger partial charge in [-0.3, -0.25) is 9.59 Å². The van der Waals surface area contributed by atoms with Crippen molar-refractivity contribution < 1.29 is 33.6 Å². The average Bonchev–Trinajstić information content (AvgIpc) is 3.46. The molecule has 2 aliphatic heterocycles. The molecule has 0 spiro atoms. The molecule has 3 aromatic rings. The van der Waals surface area contributed by atoms with Crippen LogP contribution in [-0.4, -0.2) is 55.7 Å². The molecular weight excluding hydrogens is 498 g/mol. The van der Waals surface area contributed by atoms with E-state index in [0.29, 0.717) is 41.2 Å². The molecule has 1 amide bonds. The summed E-state index contributed by atoms with van der Waals surface area (Å²) >= 11 is 0. The summed E-state index contributed by atoms with van der Waals surface area (Å²) in [4.78, 5) is 28.5. The summed E-state index contributed by atoms with van der Waals surface area (Å²) in [5, 5.41) is 11.5. The van der Waals surface area contributed by atoms with Gasteiger partial charge >= 0.3 is 0 Å². The molecule has 2 aliphatic rings. The number of methoxy groups -OCH3 is 3. The van der Waals surface area contributed by atoms with Crippen LogP contribution in [0.2, 0.25) is 0 Å². The molecule has 5 rings (SSSR count). The lowest BCUT2D eigenvalue weighted by molar-refractivity contribution is -0.139. The predicted octanol–water partition coefficient (Wildman–Crippen LogP) is 4.70. The van der Waals surface area contributed by atoms with Crippen molar-refractivity contribution in [3.63, 3.8) is 0 Å². The van der Waals surface area contributed by atoms with Crippen molar-refractivity contribution in [1.29, 1.82) is 0 Å². The highest BCUT2D eigenvalue weighted by Gasteiger charge is 2.46. The topological polar surface area (TPSA) is 94.5 Å². The summed E-state index contributed by atoms with van der Waals surface area (Å²) in [6.45, 7) is 2.24. The van der Waals surface area contributed by atoms with Crippen molar-refractivity contribution in [2.24, 2.45) is 0 Å². The van der Waals surface area contributed by atoms with Crippen molar-refractivity contribution >= 4 is 17.4 Å². The fourth-order valence-corrected chi connectivity index (χ4v) is 5.34. The van der Waals surface area contributed by atoms with Crippen molar-refractivity contribution in [3.05, 3.63) is 88.5 Å². The summed E-state index contributed by atoms with van der Waals surface area (Å²) in [7, 11) is 4.51. The van der Waals surface area contributed by atoms with Gasteiger partial charge in [0.05, 0.1) is 32.9 Å². The maximum absolute atomic E-state index is 13.5. The molecule has 1 fully saturated rings. The number of nitrogens with zero attached hydrogens (tertiary/aromatic N) is 1. The summed E-state index contributed by atoms with van der Waals surface area (Å²) in [5.74, 6) is 0.236. The van der Waals surface area contributed by atoms with Crippen molar-refractivity contribution in [2.75, 3.05) is 27.9 Å². The number of rotatable bonds is 8. The van der Waals surface area contributed by atoms with Gasteiger partial charge in [-0.05, 0) is 60.4 Å². The Morgan fingerprint density at radius 3 is 2.31 bits per heavy atom. The first kappa shape index (κ1) is 26.2. The number of benzene rings is 3. The fraction of sp³-hybridized carbons (Fsp3) is 0.290. The molecule has 39 heavy (non-hydrogen) atoms. The maximum Gasteiger partial charge on any atom is 0.295 e. The molecule has 0 aliphatic carbocycles. The van der Waals surface area contributed by atoms with E-state index in [1.807, 2.05) is 43.3 Å². The molecule has 0 saturated carbocycles. The number of likely N-dealkylation sites (tertiary alicyclic amines) is 1. The quantitative estimate of drug-likeness (QED) is 0.257. The van der Waals surface area contributed by atoms with E-state index >= 15 is 0 Å². The number of amides is 1. The lowest BCUT2D eigenvalue weighted by atomic mass is 9.93. The molecule has 8 nitrogen and oxygen atoms in total. The first-order valence-electron chi connectivity index (χ1n) is 12.8. The first-order valence-corrected chi connectivity index (χ1v) is 12.8. The normalized spacial score (nSPS) is 19.5. The molecule has 202 valence electrons. The third kappa shape index (κ3) is 4.78. The van der Waals surface area contributed by atoms with E-state index in [1.54, 1.807) is 24.3 Å². The molecule has 1 N–H and O–H groups in total. The molecule has 0 aromatic heterocycles. The molecule has 0 unspecified atom stereocenters. The van der Waals surface area contributed by atoms with Gasteiger partial charge in [0.15, 0.2) is 11.5 Å². The Bertz CT molecular complexity index is 1420. The third-order valence-corrected chi connectivity index (χ3v) is 7.20. The Labute approximate surface area is 227 Å². The highest BCUT2D eigenvalue weighted by atomic mass is 16.5. The van der Waals surface area contributed by atoms with Crippen LogP contribution in [0.5, 0.6) is 23.0 Å². The second-order valence-corrected chi connectivity index (χ2v) is 9.64. The molecule has 2 heterocycles. The van der Waals surface area contributed by atoms with Gasteiger partial charge in [0.25, 0.3) is 11.7 Å². The first-order chi connectivity index (χ1) is 18.9. The highest BCUT2D eigenvalue weighted by molar-refractivity contribution is 6.46. The minimum absolute atomic E-state index is 0.00856. The van der Waals surface area contributed by atoms with E-state index in [2.05, 4.69) is 0 Å². The molecule has 0 bridgehead atoms. The summed E-state index contributed by atoms with van der Waals surface area (Å²) in [5.41, 5.74) is 2.97. The van der Waals surface area contributed by atoms with Crippen LogP contribution in [0.3, 0.4) is 0 Å². The van der Waals surface area contributed by atoms with Crippen LogP contribution in [0.4, 0.5) is 0 Å². The number of hydrogen-bond acceptors (Lipinski definition) is 7. The molecule has 2 atom stereocenters. The van der Waals surface area contributed by atoms with Crippen molar-refractivity contribution in [2.45, 2.75) is 31.9 Å². The third-order valence-electron chi connectivity index (χ3n) is 7.20. The van der Waals surface area contributed by atoms with E-state index in [-0.39, 0.29) is 24.0 Å². The monoisotopic (exact) mass is 529 g/mol. The van der Waals surface area contributed by atoms with Gasteiger partial charge in [0, 0.05) is 18.5 Å². The van der Waals surface area contributed by atoms with Crippen molar-refractivity contribution in [1.82, 2.24) is 4.90 Å². The Hall–Kier alpha value is -4.46. The zero-order chi connectivity index (χ0) is 27.7. The van der Waals surface area contributed by atoms with E-state index in [1.165, 1.54) is 26.2 Å². The molecular formula is C31H31NO7. The van der Waals surface area contributed by atoms with E-state index in [9.17, 15) is 14.7 Å². The highest BCUT2D eigenvalue weighted by Crippen LogP contribution is 2.46. The number of ether oxygens (including phenoxy) is 4. The van der Waals surface area contributed by atoms with Crippen LogP contribution in [0.1, 0.15) is 35.2 Å². The molecule has 1 saturated heterocycles. The predicted molar refractivity (Wildman–Crippen MR) is 145 cm³/mol. The van der Waals surface area contributed by atoms with Crippen LogP contribution in [0.15, 0.2) is 66.2 Å². The van der Waals surface area contributed by atoms with Gasteiger partial charge in [-0.1, -0.05) is 30.3 Å². The fourth-order valence-electron chi connectivity index (χ4n) is 5.34. The smallest absolute Gasteiger partial charge is 0.295 e. The van der Waals surface area contributed by atoms with Gasteiger partial charge in [0.2, 0.25) is 5.75 Å². The number of Topliss-reactive ketones (excluding diaryl/α,β-unsaturated/α-hetero) is 1. The van der Waals surface area contributed by atoms with Crippen LogP contribution >= 0.6 is 0 Å². The second-order valence-electron chi connectivity index (χ2n) is 9.64. The van der Waals surface area contributed by atoms with Crippen LogP contribution < -0.4 is 18.9 Å². The van der Waals surface area contributed by atoms with E-state index in [4.69, 9.17) is 18.9 Å². The minimum atomic E-state index is -0.870. The summed E-state index contributed by atoms with van der Waals surface area (Å²) < 4.78 is 22.4. The zero-order valence-corrected chi connectivity index (χ0v) is 22.4. The standard InChI is InChI=1S/C31H31NO7/c1-18-14-21-15-20(10-11-23(21)39-18)28(33)26-27(22-16-24(36-2)30(38-4)25(17-22)37-3)32(31(35)29(26)34)13-12-19-8-6-5-7-9-19/h5-11,15-18,27,33H,12-14H2,1-4H3/t18-,27+/m1/s1. The number of carbonyl (C=O) groups excluding carboxylic acids is 2. The Balaban J connectivity index is 1.65. The maximum atomic E-state index is 13.5. The molecule has 0 radical (unpaired) electrons. The Morgan fingerprint density at radius 1 is 0.974 bits per heavy atom. The van der Waals surface area contributed by atoms with Gasteiger partial charge in [-0.2, -0.15) is 0 Å². The lowest BCUT2D eigenvalue weighted by Gasteiger charge is -2.26. The van der Waals surface area contributed by atoms with Crippen LogP contribution in [0.25, 0.3) is 5.76 Å². The molecule has 8 heteroatoms.